The van der Waals surface area contributed by atoms with Crippen molar-refractivity contribution in [3.63, 3.8) is 0 Å². The van der Waals surface area contributed by atoms with Gasteiger partial charge in [-0.25, -0.2) is 4.98 Å². The lowest BCUT2D eigenvalue weighted by atomic mass is 9.73. The van der Waals surface area contributed by atoms with E-state index in [2.05, 4.69) is 10.3 Å². The average Bonchev–Trinajstić information content (AvgIpc) is 2.95. The van der Waals surface area contributed by atoms with Crippen LogP contribution < -0.4 is 5.32 Å². The summed E-state index contributed by atoms with van der Waals surface area (Å²) in [5.74, 6) is -1.47. The highest BCUT2D eigenvalue weighted by Crippen LogP contribution is 2.44. The maximum Gasteiger partial charge on any atom is 0.392 e. The normalized spacial score (nSPS) is 20.7. The van der Waals surface area contributed by atoms with Crippen LogP contribution in [0.4, 0.5) is 13.2 Å². The zero-order valence-electron chi connectivity index (χ0n) is 15.5. The number of para-hydroxylation sites is 1. The fraction of sp³-hybridized carbons (Fsp3) is 0.579. The zero-order chi connectivity index (χ0) is 19.7. The number of alkyl halides is 3. The topological polar surface area (TPSA) is 45.2 Å². The molecule has 0 spiro atoms. The van der Waals surface area contributed by atoms with Crippen molar-refractivity contribution in [3.8, 4) is 0 Å². The monoisotopic (exact) mass is 399 g/mol. The number of hydrogen-bond donors (Lipinski definition) is 1. The summed E-state index contributed by atoms with van der Waals surface area (Å²) in [7, 11) is 0. The number of thiazole rings is 1. The number of hydrogen-bond acceptors (Lipinski definition) is 4. The first-order valence-corrected chi connectivity index (χ1v) is 9.87. The van der Waals surface area contributed by atoms with Crippen molar-refractivity contribution >= 4 is 27.5 Å². The number of amides is 1. The van der Waals surface area contributed by atoms with Gasteiger partial charge in [0.15, 0.2) is 0 Å². The van der Waals surface area contributed by atoms with Crippen LogP contribution in [0.25, 0.3) is 10.2 Å². The molecule has 1 aliphatic rings. The van der Waals surface area contributed by atoms with Crippen LogP contribution in [-0.4, -0.2) is 48.1 Å². The van der Waals surface area contributed by atoms with Gasteiger partial charge in [-0.15, -0.1) is 11.3 Å². The second kappa shape index (κ2) is 7.75. The SMILES string of the molecule is CC1(C)CN(CC(=O)NCCc2nc3ccccc3s2)CC[C@H]1C(F)(F)F. The van der Waals surface area contributed by atoms with E-state index in [9.17, 15) is 18.0 Å². The molecule has 1 atom stereocenters. The molecule has 1 saturated heterocycles. The van der Waals surface area contributed by atoms with Crippen LogP contribution >= 0.6 is 11.3 Å². The number of rotatable bonds is 5. The lowest BCUT2D eigenvalue weighted by Crippen LogP contribution is -2.52. The van der Waals surface area contributed by atoms with Crippen LogP contribution in [-0.2, 0) is 11.2 Å². The summed E-state index contributed by atoms with van der Waals surface area (Å²) in [5, 5.41) is 3.82. The molecule has 1 aromatic carbocycles. The van der Waals surface area contributed by atoms with E-state index in [1.165, 1.54) is 0 Å². The van der Waals surface area contributed by atoms with Gasteiger partial charge in [0.1, 0.15) is 0 Å². The van der Waals surface area contributed by atoms with Crippen molar-refractivity contribution in [2.24, 2.45) is 11.3 Å². The van der Waals surface area contributed by atoms with Gasteiger partial charge >= 0.3 is 6.18 Å². The van der Waals surface area contributed by atoms with E-state index in [4.69, 9.17) is 0 Å². The minimum atomic E-state index is -4.19. The quantitative estimate of drug-likeness (QED) is 0.830. The summed E-state index contributed by atoms with van der Waals surface area (Å²) in [4.78, 5) is 18.5. The van der Waals surface area contributed by atoms with Gasteiger partial charge in [0.05, 0.1) is 27.7 Å². The number of carbonyl (C=O) groups is 1. The second-order valence-corrected chi connectivity index (χ2v) is 8.87. The molecule has 0 bridgehead atoms. The first kappa shape index (κ1) is 20.1. The van der Waals surface area contributed by atoms with Gasteiger partial charge in [0.25, 0.3) is 0 Å². The Morgan fingerprint density at radius 3 is 2.78 bits per heavy atom. The number of nitrogens with zero attached hydrogens (tertiary/aromatic N) is 2. The van der Waals surface area contributed by atoms with Crippen molar-refractivity contribution in [3.05, 3.63) is 29.3 Å². The lowest BCUT2D eigenvalue weighted by molar-refractivity contribution is -0.216. The van der Waals surface area contributed by atoms with Crippen LogP contribution in [0.3, 0.4) is 0 Å². The van der Waals surface area contributed by atoms with Gasteiger partial charge < -0.3 is 5.32 Å². The van der Waals surface area contributed by atoms with Gasteiger partial charge in [0.2, 0.25) is 5.91 Å². The Morgan fingerprint density at radius 2 is 2.11 bits per heavy atom. The van der Waals surface area contributed by atoms with Crippen molar-refractivity contribution < 1.29 is 18.0 Å². The summed E-state index contributed by atoms with van der Waals surface area (Å²) in [6.07, 6.45) is -3.50. The number of nitrogens with one attached hydrogen (secondary N) is 1. The lowest BCUT2D eigenvalue weighted by Gasteiger charge is -2.44. The van der Waals surface area contributed by atoms with E-state index in [1.807, 2.05) is 29.2 Å². The maximum atomic E-state index is 13.1. The Kier molecular flexibility index (Phi) is 5.76. The summed E-state index contributed by atoms with van der Waals surface area (Å²) in [5.41, 5.74) is 0.0659. The molecule has 148 valence electrons. The van der Waals surface area contributed by atoms with E-state index < -0.39 is 17.5 Å². The first-order valence-electron chi connectivity index (χ1n) is 9.05. The molecule has 0 saturated carbocycles. The molecule has 4 nitrogen and oxygen atoms in total. The van der Waals surface area contributed by atoms with Crippen molar-refractivity contribution in [2.45, 2.75) is 32.9 Å². The number of carbonyl (C=O) groups excluding carboxylic acids is 1. The fourth-order valence-electron chi connectivity index (χ4n) is 3.80. The molecule has 27 heavy (non-hydrogen) atoms. The minimum Gasteiger partial charge on any atom is -0.355 e. The van der Waals surface area contributed by atoms with Gasteiger partial charge in [-0.1, -0.05) is 26.0 Å². The third kappa shape index (κ3) is 4.99. The summed E-state index contributed by atoms with van der Waals surface area (Å²) in [6, 6.07) is 7.88. The Bertz CT molecular complexity index is 770. The van der Waals surface area contributed by atoms with Crippen LogP contribution in [0.1, 0.15) is 25.3 Å². The van der Waals surface area contributed by atoms with Gasteiger partial charge in [-0.05, 0) is 30.5 Å². The van der Waals surface area contributed by atoms with Gasteiger partial charge in [0, 0.05) is 19.5 Å². The molecular weight excluding hydrogens is 375 g/mol. The summed E-state index contributed by atoms with van der Waals surface area (Å²) >= 11 is 1.61. The maximum absolute atomic E-state index is 13.1. The number of piperidine rings is 1. The molecule has 1 N–H and O–H groups in total. The molecule has 8 heteroatoms. The predicted octanol–water partition coefficient (Wildman–Crippen LogP) is 3.87. The van der Waals surface area contributed by atoms with Crippen molar-refractivity contribution in [1.29, 1.82) is 0 Å². The molecular formula is C19H24F3N3OS. The van der Waals surface area contributed by atoms with Crippen LogP contribution in [0.15, 0.2) is 24.3 Å². The van der Waals surface area contributed by atoms with Crippen LogP contribution in [0.2, 0.25) is 0 Å². The van der Waals surface area contributed by atoms with E-state index in [0.717, 1.165) is 15.2 Å². The van der Waals surface area contributed by atoms with Crippen molar-refractivity contribution in [2.75, 3.05) is 26.2 Å². The number of aromatic nitrogens is 1. The highest BCUT2D eigenvalue weighted by Gasteiger charge is 2.51. The Hall–Kier alpha value is -1.67. The molecule has 1 amide bonds. The van der Waals surface area contributed by atoms with Crippen LogP contribution in [0, 0.1) is 11.3 Å². The third-order valence-corrected chi connectivity index (χ3v) is 6.17. The standard InChI is InChI=1S/C19H24F3N3OS/c1-18(2)12-25(10-8-15(18)19(20,21)22)11-16(26)23-9-7-17-24-13-5-3-4-6-14(13)27-17/h3-6,15H,7-12H2,1-2H3,(H,23,26)/t15-/m1/s1. The average molecular weight is 399 g/mol. The molecule has 0 aliphatic carbocycles. The molecule has 2 heterocycles. The van der Waals surface area contributed by atoms with E-state index in [1.54, 1.807) is 25.2 Å². The highest BCUT2D eigenvalue weighted by molar-refractivity contribution is 7.18. The molecule has 0 radical (unpaired) electrons. The van der Waals surface area contributed by atoms with E-state index in [0.29, 0.717) is 19.5 Å². The third-order valence-electron chi connectivity index (χ3n) is 5.07. The molecule has 0 unspecified atom stereocenters. The molecule has 1 aliphatic heterocycles. The Labute approximate surface area is 160 Å². The Morgan fingerprint density at radius 1 is 1.37 bits per heavy atom. The minimum absolute atomic E-state index is 0.0372. The second-order valence-electron chi connectivity index (χ2n) is 7.76. The highest BCUT2D eigenvalue weighted by atomic mass is 32.1. The number of fused-ring (bicyclic) bond motifs is 1. The first-order chi connectivity index (χ1) is 12.6. The number of halogens is 3. The van der Waals surface area contributed by atoms with E-state index in [-0.39, 0.29) is 25.4 Å². The molecule has 1 aromatic heterocycles. The van der Waals surface area contributed by atoms with E-state index >= 15 is 0 Å². The van der Waals surface area contributed by atoms with Gasteiger partial charge in [-0.3, -0.25) is 9.69 Å². The largest absolute Gasteiger partial charge is 0.392 e. The number of likely N-dealkylation sites (tertiary alicyclic amines) is 1. The Balaban J connectivity index is 1.45. The van der Waals surface area contributed by atoms with Crippen molar-refractivity contribution in [1.82, 2.24) is 15.2 Å². The fourth-order valence-corrected chi connectivity index (χ4v) is 4.77. The smallest absolute Gasteiger partial charge is 0.355 e. The summed E-state index contributed by atoms with van der Waals surface area (Å²) < 4.78 is 40.5. The zero-order valence-corrected chi connectivity index (χ0v) is 16.3. The molecule has 1 fully saturated rings. The van der Waals surface area contributed by atoms with Gasteiger partial charge in [-0.2, -0.15) is 13.2 Å². The molecule has 2 aromatic rings. The predicted molar refractivity (Wildman–Crippen MR) is 101 cm³/mol. The number of benzene rings is 1. The molecule has 3 rings (SSSR count). The van der Waals surface area contributed by atoms with Crippen LogP contribution in [0.5, 0.6) is 0 Å². The summed E-state index contributed by atoms with van der Waals surface area (Å²) in [6.45, 7) is 4.42.